The summed E-state index contributed by atoms with van der Waals surface area (Å²) in [4.78, 5) is 0. The molecule has 0 radical (unpaired) electrons. The average molecular weight is 189 g/mol. The van der Waals surface area contributed by atoms with Crippen molar-refractivity contribution in [2.75, 3.05) is 5.32 Å². The van der Waals surface area contributed by atoms with Crippen molar-refractivity contribution in [1.82, 2.24) is 0 Å². The van der Waals surface area contributed by atoms with Gasteiger partial charge in [0.1, 0.15) is 0 Å². The van der Waals surface area contributed by atoms with Crippen LogP contribution in [0.3, 0.4) is 0 Å². The van der Waals surface area contributed by atoms with Gasteiger partial charge in [-0.15, -0.1) is 0 Å². The molecule has 0 atom stereocenters. The highest BCUT2D eigenvalue weighted by molar-refractivity contribution is 5.47. The third-order valence-corrected chi connectivity index (χ3v) is 2.48. The van der Waals surface area contributed by atoms with E-state index in [0.29, 0.717) is 0 Å². The summed E-state index contributed by atoms with van der Waals surface area (Å²) in [7, 11) is 0. The highest BCUT2D eigenvalue weighted by Crippen LogP contribution is 2.40. The molecule has 1 nitrogen and oxygen atoms in total. The molecular formula is C13H19N. The second kappa shape index (κ2) is 3.30. The van der Waals surface area contributed by atoms with E-state index in [9.17, 15) is 0 Å². The first kappa shape index (κ1) is 9.57. The average Bonchev–Trinajstić information content (AvgIpc) is 2.85. The number of nitrogens with one attached hydrogen (secondary N) is 1. The van der Waals surface area contributed by atoms with Crippen molar-refractivity contribution in [3.8, 4) is 0 Å². The molecule has 1 aliphatic rings. The van der Waals surface area contributed by atoms with Crippen LogP contribution < -0.4 is 5.32 Å². The molecule has 0 saturated heterocycles. The van der Waals surface area contributed by atoms with Crippen molar-refractivity contribution >= 4 is 5.69 Å². The van der Waals surface area contributed by atoms with Crippen LogP contribution in [-0.2, 0) is 0 Å². The lowest BCUT2D eigenvalue weighted by Crippen LogP contribution is -2.25. The van der Waals surface area contributed by atoms with E-state index >= 15 is 0 Å². The van der Waals surface area contributed by atoms with Crippen LogP contribution in [0.5, 0.6) is 0 Å². The molecule has 0 unspecified atom stereocenters. The molecule has 2 rings (SSSR count). The molecule has 1 N–H and O–H groups in total. The Morgan fingerprint density at radius 1 is 1.07 bits per heavy atom. The van der Waals surface area contributed by atoms with Crippen molar-refractivity contribution in [3.63, 3.8) is 0 Å². The summed E-state index contributed by atoms with van der Waals surface area (Å²) in [6, 6.07) is 8.90. The lowest BCUT2D eigenvalue weighted by atomic mass is 10.1. The van der Waals surface area contributed by atoms with Crippen molar-refractivity contribution in [3.05, 3.63) is 29.8 Å². The Morgan fingerprint density at radius 2 is 1.64 bits per heavy atom. The minimum Gasteiger partial charge on any atom is -0.380 e. The van der Waals surface area contributed by atoms with Gasteiger partial charge in [-0.05, 0) is 57.2 Å². The minimum atomic E-state index is 0.154. The molecule has 0 amide bonds. The fourth-order valence-corrected chi connectivity index (χ4v) is 1.69. The second-order valence-electron chi connectivity index (χ2n) is 5.27. The minimum absolute atomic E-state index is 0.154. The summed E-state index contributed by atoms with van der Waals surface area (Å²) in [5.41, 5.74) is 2.88. The maximum Gasteiger partial charge on any atom is 0.0344 e. The van der Waals surface area contributed by atoms with Crippen LogP contribution in [0, 0.1) is 0 Å². The molecule has 1 aliphatic carbocycles. The smallest absolute Gasteiger partial charge is 0.0344 e. The molecule has 1 heteroatoms. The molecule has 1 saturated carbocycles. The Hall–Kier alpha value is -0.980. The summed E-state index contributed by atoms with van der Waals surface area (Å²) in [5, 5.41) is 3.47. The Kier molecular flexibility index (Phi) is 2.26. The van der Waals surface area contributed by atoms with Gasteiger partial charge in [0.15, 0.2) is 0 Å². The fraction of sp³-hybridized carbons (Fsp3) is 0.538. The lowest BCUT2D eigenvalue weighted by molar-refractivity contribution is 0.634. The van der Waals surface area contributed by atoms with Crippen LogP contribution in [0.4, 0.5) is 5.69 Å². The molecule has 0 aromatic heterocycles. The summed E-state index contributed by atoms with van der Waals surface area (Å²) >= 11 is 0. The van der Waals surface area contributed by atoms with Crippen LogP contribution in [0.2, 0.25) is 0 Å². The molecule has 1 aromatic carbocycles. The highest BCUT2D eigenvalue weighted by Gasteiger charge is 2.23. The van der Waals surface area contributed by atoms with Crippen LogP contribution in [0.15, 0.2) is 24.3 Å². The Morgan fingerprint density at radius 3 is 2.07 bits per heavy atom. The van der Waals surface area contributed by atoms with E-state index in [1.165, 1.54) is 24.1 Å². The van der Waals surface area contributed by atoms with Gasteiger partial charge in [0, 0.05) is 11.2 Å². The fourth-order valence-electron chi connectivity index (χ4n) is 1.69. The molecule has 14 heavy (non-hydrogen) atoms. The van der Waals surface area contributed by atoms with Gasteiger partial charge in [0.05, 0.1) is 0 Å². The third-order valence-electron chi connectivity index (χ3n) is 2.48. The van der Waals surface area contributed by atoms with Crippen LogP contribution >= 0.6 is 0 Å². The van der Waals surface area contributed by atoms with Crippen molar-refractivity contribution in [2.24, 2.45) is 0 Å². The molecule has 1 aromatic rings. The zero-order chi connectivity index (χ0) is 10.2. The summed E-state index contributed by atoms with van der Waals surface area (Å²) in [6.07, 6.45) is 2.76. The molecule has 0 bridgehead atoms. The summed E-state index contributed by atoms with van der Waals surface area (Å²) in [5.74, 6) is 0.860. The molecule has 0 heterocycles. The Bertz CT molecular complexity index is 301. The summed E-state index contributed by atoms with van der Waals surface area (Å²) < 4.78 is 0. The second-order valence-corrected chi connectivity index (χ2v) is 5.27. The number of hydrogen-bond donors (Lipinski definition) is 1. The number of hydrogen-bond acceptors (Lipinski definition) is 1. The van der Waals surface area contributed by atoms with E-state index in [0.717, 1.165) is 5.92 Å². The number of rotatable bonds is 2. The number of anilines is 1. The largest absolute Gasteiger partial charge is 0.380 e. The normalized spacial score (nSPS) is 16.8. The predicted octanol–water partition coefficient (Wildman–Crippen LogP) is 3.77. The quantitative estimate of drug-likeness (QED) is 0.746. The topological polar surface area (TPSA) is 12.0 Å². The highest BCUT2D eigenvalue weighted by atomic mass is 14.9. The third kappa shape index (κ3) is 2.50. The maximum absolute atomic E-state index is 3.47. The number of benzene rings is 1. The molecule has 1 fully saturated rings. The standard InChI is InChI=1S/C13H19N/c1-13(2,3)14-12-8-6-11(7-9-12)10-4-5-10/h6-10,14H,4-5H2,1-3H3. The van der Waals surface area contributed by atoms with Gasteiger partial charge in [-0.1, -0.05) is 12.1 Å². The zero-order valence-electron chi connectivity index (χ0n) is 9.30. The van der Waals surface area contributed by atoms with E-state index in [1.807, 2.05) is 0 Å². The van der Waals surface area contributed by atoms with Crippen molar-refractivity contribution in [2.45, 2.75) is 45.1 Å². The zero-order valence-corrected chi connectivity index (χ0v) is 9.30. The van der Waals surface area contributed by atoms with E-state index in [2.05, 4.69) is 50.4 Å². The van der Waals surface area contributed by atoms with Gasteiger partial charge in [0.2, 0.25) is 0 Å². The predicted molar refractivity (Wildman–Crippen MR) is 61.8 cm³/mol. The first-order valence-corrected chi connectivity index (χ1v) is 5.43. The van der Waals surface area contributed by atoms with Gasteiger partial charge in [-0.25, -0.2) is 0 Å². The first-order chi connectivity index (χ1) is 6.54. The van der Waals surface area contributed by atoms with Gasteiger partial charge in [-0.2, -0.15) is 0 Å². The van der Waals surface area contributed by atoms with Gasteiger partial charge in [-0.3, -0.25) is 0 Å². The van der Waals surface area contributed by atoms with E-state index in [-0.39, 0.29) is 5.54 Å². The molecule has 0 aliphatic heterocycles. The van der Waals surface area contributed by atoms with E-state index < -0.39 is 0 Å². The SMILES string of the molecule is CC(C)(C)Nc1ccc(C2CC2)cc1. The molecule has 76 valence electrons. The molecular weight excluding hydrogens is 170 g/mol. The Balaban J connectivity index is 2.06. The molecule has 0 spiro atoms. The van der Waals surface area contributed by atoms with Crippen molar-refractivity contribution in [1.29, 1.82) is 0 Å². The van der Waals surface area contributed by atoms with Gasteiger partial charge in [0.25, 0.3) is 0 Å². The maximum atomic E-state index is 3.47. The van der Waals surface area contributed by atoms with Gasteiger partial charge < -0.3 is 5.32 Å². The van der Waals surface area contributed by atoms with Crippen LogP contribution in [-0.4, -0.2) is 5.54 Å². The van der Waals surface area contributed by atoms with Crippen molar-refractivity contribution < 1.29 is 0 Å². The van der Waals surface area contributed by atoms with E-state index in [1.54, 1.807) is 0 Å². The van der Waals surface area contributed by atoms with Gasteiger partial charge >= 0.3 is 0 Å². The first-order valence-electron chi connectivity index (χ1n) is 5.43. The summed E-state index contributed by atoms with van der Waals surface area (Å²) in [6.45, 7) is 6.55. The Labute approximate surface area is 86.5 Å². The van der Waals surface area contributed by atoms with Crippen LogP contribution in [0.1, 0.15) is 45.1 Å². The monoisotopic (exact) mass is 189 g/mol. The van der Waals surface area contributed by atoms with Crippen LogP contribution in [0.25, 0.3) is 0 Å². The van der Waals surface area contributed by atoms with E-state index in [4.69, 9.17) is 0 Å². The lowest BCUT2D eigenvalue weighted by Gasteiger charge is -2.22.